The highest BCUT2D eigenvalue weighted by Crippen LogP contribution is 2.30. The minimum Gasteiger partial charge on any atom is -0.486 e. The van der Waals surface area contributed by atoms with Crippen LogP contribution < -0.4 is 20.3 Å². The van der Waals surface area contributed by atoms with Crippen LogP contribution >= 0.6 is 0 Å². The molecule has 0 radical (unpaired) electrons. The maximum absolute atomic E-state index is 12.2. The predicted octanol–water partition coefficient (Wildman–Crippen LogP) is 2.76. The molecule has 0 unspecified atom stereocenters. The van der Waals surface area contributed by atoms with Crippen molar-refractivity contribution in [3.63, 3.8) is 0 Å². The largest absolute Gasteiger partial charge is 0.486 e. The highest BCUT2D eigenvalue weighted by Gasteiger charge is 2.15. The van der Waals surface area contributed by atoms with E-state index in [1.54, 1.807) is 30.3 Å². The maximum Gasteiger partial charge on any atom is 0.269 e. The zero-order valence-corrected chi connectivity index (χ0v) is 15.8. The molecule has 0 saturated carbocycles. The van der Waals surface area contributed by atoms with Crippen molar-refractivity contribution < 1.29 is 19.1 Å². The average Bonchev–Trinajstić information content (AvgIpc) is 2.65. The van der Waals surface area contributed by atoms with Crippen molar-refractivity contribution in [1.82, 2.24) is 10.9 Å². The number of fused-ring (bicyclic) bond motifs is 1. The van der Waals surface area contributed by atoms with Gasteiger partial charge in [0.1, 0.15) is 13.2 Å². The van der Waals surface area contributed by atoms with Crippen molar-refractivity contribution >= 4 is 11.8 Å². The first-order valence-corrected chi connectivity index (χ1v) is 8.91. The summed E-state index contributed by atoms with van der Waals surface area (Å²) in [5.74, 6) is 0.643. The Hall–Kier alpha value is -3.02. The Morgan fingerprint density at radius 1 is 0.926 bits per heavy atom. The van der Waals surface area contributed by atoms with Gasteiger partial charge in [0.2, 0.25) is 5.91 Å². The Labute approximate surface area is 158 Å². The van der Waals surface area contributed by atoms with Crippen molar-refractivity contribution in [3.8, 4) is 11.5 Å². The van der Waals surface area contributed by atoms with Gasteiger partial charge in [-0.15, -0.1) is 0 Å². The monoisotopic (exact) mass is 368 g/mol. The summed E-state index contributed by atoms with van der Waals surface area (Å²) in [7, 11) is 0. The summed E-state index contributed by atoms with van der Waals surface area (Å²) < 4.78 is 11.0. The Balaban J connectivity index is 1.53. The van der Waals surface area contributed by atoms with E-state index in [4.69, 9.17) is 9.47 Å². The predicted molar refractivity (Wildman–Crippen MR) is 102 cm³/mol. The standard InChI is InChI=1S/C21H24N2O4/c1-21(2,3)16-7-5-15(6-8-16)20(25)23-22-19(24)13-14-4-9-17-18(12-14)27-11-10-26-17/h4-9,12H,10-11,13H2,1-3H3,(H,22,24)(H,23,25). The van der Waals surface area contributed by atoms with E-state index < -0.39 is 0 Å². The van der Waals surface area contributed by atoms with Gasteiger partial charge >= 0.3 is 0 Å². The van der Waals surface area contributed by atoms with Gasteiger partial charge in [0.25, 0.3) is 5.91 Å². The SMILES string of the molecule is CC(C)(C)c1ccc(C(=O)NNC(=O)Cc2ccc3c(c2)OCCO3)cc1. The lowest BCUT2D eigenvalue weighted by molar-refractivity contribution is -0.121. The van der Waals surface area contributed by atoms with Crippen LogP contribution in [0.4, 0.5) is 0 Å². The Morgan fingerprint density at radius 3 is 2.26 bits per heavy atom. The number of nitrogens with one attached hydrogen (secondary N) is 2. The number of hydrogen-bond acceptors (Lipinski definition) is 4. The molecule has 6 heteroatoms. The fourth-order valence-corrected chi connectivity index (χ4v) is 2.75. The average molecular weight is 368 g/mol. The molecule has 0 fully saturated rings. The van der Waals surface area contributed by atoms with Crippen LogP contribution in [0.2, 0.25) is 0 Å². The molecule has 2 amide bonds. The molecule has 0 spiro atoms. The van der Waals surface area contributed by atoms with E-state index in [1.807, 2.05) is 12.1 Å². The number of carbonyl (C=O) groups is 2. The molecule has 6 nitrogen and oxygen atoms in total. The topological polar surface area (TPSA) is 76.7 Å². The first kappa shape index (κ1) is 18.8. The third-order valence-corrected chi connectivity index (χ3v) is 4.30. The molecule has 3 rings (SSSR count). The number of hydrogen-bond donors (Lipinski definition) is 2. The number of amides is 2. The molecule has 0 atom stereocenters. The fraction of sp³-hybridized carbons (Fsp3) is 0.333. The van der Waals surface area contributed by atoms with E-state index in [0.717, 1.165) is 11.1 Å². The van der Waals surface area contributed by atoms with Crippen molar-refractivity contribution in [3.05, 3.63) is 59.2 Å². The maximum atomic E-state index is 12.2. The van der Waals surface area contributed by atoms with Crippen LogP contribution in [0.15, 0.2) is 42.5 Å². The highest BCUT2D eigenvalue weighted by molar-refractivity contribution is 5.95. The summed E-state index contributed by atoms with van der Waals surface area (Å²) in [4.78, 5) is 24.3. The van der Waals surface area contributed by atoms with Crippen molar-refractivity contribution in [2.24, 2.45) is 0 Å². The smallest absolute Gasteiger partial charge is 0.269 e. The number of rotatable bonds is 3. The van der Waals surface area contributed by atoms with Crippen LogP contribution in [0.25, 0.3) is 0 Å². The van der Waals surface area contributed by atoms with Crippen LogP contribution in [0.3, 0.4) is 0 Å². The van der Waals surface area contributed by atoms with Crippen LogP contribution in [-0.4, -0.2) is 25.0 Å². The summed E-state index contributed by atoms with van der Waals surface area (Å²) in [5, 5.41) is 0. The van der Waals surface area contributed by atoms with Crippen LogP contribution in [-0.2, 0) is 16.6 Å². The molecule has 142 valence electrons. The summed E-state index contributed by atoms with van der Waals surface area (Å²) in [6.45, 7) is 7.35. The Bertz CT molecular complexity index is 838. The number of hydrazine groups is 1. The van der Waals surface area contributed by atoms with Gasteiger partial charge in [-0.25, -0.2) is 0 Å². The first-order chi connectivity index (χ1) is 12.8. The Kier molecular flexibility index (Phi) is 5.35. The van der Waals surface area contributed by atoms with Crippen LogP contribution in [0.5, 0.6) is 11.5 Å². The highest BCUT2D eigenvalue weighted by atomic mass is 16.6. The van der Waals surface area contributed by atoms with Gasteiger partial charge in [-0.05, 0) is 40.8 Å². The normalized spacial score (nSPS) is 13.0. The second-order valence-corrected chi connectivity index (χ2v) is 7.48. The Morgan fingerprint density at radius 2 is 1.59 bits per heavy atom. The van der Waals surface area contributed by atoms with Gasteiger partial charge in [-0.1, -0.05) is 39.0 Å². The van der Waals surface area contributed by atoms with Gasteiger partial charge in [0, 0.05) is 5.56 Å². The van der Waals surface area contributed by atoms with Gasteiger partial charge in [-0.3, -0.25) is 20.4 Å². The summed E-state index contributed by atoms with van der Waals surface area (Å²) >= 11 is 0. The van der Waals surface area contributed by atoms with Crippen molar-refractivity contribution in [2.75, 3.05) is 13.2 Å². The van der Waals surface area contributed by atoms with Gasteiger partial charge in [-0.2, -0.15) is 0 Å². The molecule has 2 N–H and O–H groups in total. The van der Waals surface area contributed by atoms with E-state index in [-0.39, 0.29) is 23.7 Å². The van der Waals surface area contributed by atoms with Gasteiger partial charge < -0.3 is 9.47 Å². The minimum absolute atomic E-state index is 0.0207. The second kappa shape index (κ2) is 7.70. The molecule has 0 aliphatic carbocycles. The molecular weight excluding hydrogens is 344 g/mol. The third-order valence-electron chi connectivity index (χ3n) is 4.30. The van der Waals surface area contributed by atoms with Gasteiger partial charge in [0.05, 0.1) is 6.42 Å². The lowest BCUT2D eigenvalue weighted by Gasteiger charge is -2.19. The van der Waals surface area contributed by atoms with E-state index in [2.05, 4.69) is 31.6 Å². The molecule has 2 aromatic carbocycles. The van der Waals surface area contributed by atoms with E-state index in [9.17, 15) is 9.59 Å². The van der Waals surface area contributed by atoms with E-state index >= 15 is 0 Å². The zero-order valence-electron chi connectivity index (χ0n) is 15.8. The number of carbonyl (C=O) groups excluding carboxylic acids is 2. The van der Waals surface area contributed by atoms with Crippen molar-refractivity contribution in [1.29, 1.82) is 0 Å². The van der Waals surface area contributed by atoms with E-state index in [1.165, 1.54) is 0 Å². The van der Waals surface area contributed by atoms with E-state index in [0.29, 0.717) is 30.3 Å². The third kappa shape index (κ3) is 4.78. The molecule has 0 saturated heterocycles. The summed E-state index contributed by atoms with van der Waals surface area (Å²) in [5.41, 5.74) is 7.32. The molecule has 1 aliphatic heterocycles. The first-order valence-electron chi connectivity index (χ1n) is 8.91. The second-order valence-electron chi connectivity index (χ2n) is 7.48. The lowest BCUT2D eigenvalue weighted by atomic mass is 9.87. The summed E-state index contributed by atoms with van der Waals surface area (Å²) in [6.07, 6.45) is 0.125. The van der Waals surface area contributed by atoms with Crippen LogP contribution in [0.1, 0.15) is 42.3 Å². The lowest BCUT2D eigenvalue weighted by Crippen LogP contribution is -2.42. The van der Waals surface area contributed by atoms with Gasteiger partial charge in [0.15, 0.2) is 11.5 Å². The quantitative estimate of drug-likeness (QED) is 0.817. The molecule has 1 aliphatic rings. The number of ether oxygens (including phenoxy) is 2. The molecule has 27 heavy (non-hydrogen) atoms. The zero-order chi connectivity index (χ0) is 19.4. The van der Waals surface area contributed by atoms with Crippen molar-refractivity contribution in [2.45, 2.75) is 32.6 Å². The fourth-order valence-electron chi connectivity index (χ4n) is 2.75. The molecule has 2 aromatic rings. The molecular formula is C21H24N2O4. The summed E-state index contributed by atoms with van der Waals surface area (Å²) in [6, 6.07) is 12.7. The molecule has 0 aromatic heterocycles. The number of benzene rings is 2. The van der Waals surface area contributed by atoms with Crippen LogP contribution in [0, 0.1) is 0 Å². The molecule has 1 heterocycles. The molecule has 0 bridgehead atoms. The minimum atomic E-state index is -0.356.